The normalized spacial score (nSPS) is 39.7. The van der Waals surface area contributed by atoms with E-state index in [1.807, 2.05) is 6.92 Å². The van der Waals surface area contributed by atoms with Crippen LogP contribution in [0.5, 0.6) is 0 Å². The molecular formula is C18H26O6. The van der Waals surface area contributed by atoms with Gasteiger partial charge in [0.1, 0.15) is 5.41 Å². The van der Waals surface area contributed by atoms with Crippen LogP contribution < -0.4 is 0 Å². The molecule has 0 amide bonds. The summed E-state index contributed by atoms with van der Waals surface area (Å²) in [6.45, 7) is 6.21. The third-order valence-corrected chi connectivity index (χ3v) is 6.61. The Balaban J connectivity index is 1.86. The number of carbonyl (C=O) groups is 1. The highest BCUT2D eigenvalue weighted by atomic mass is 16.7. The lowest BCUT2D eigenvalue weighted by atomic mass is 9.51. The van der Waals surface area contributed by atoms with Gasteiger partial charge in [0.15, 0.2) is 11.6 Å². The van der Waals surface area contributed by atoms with E-state index in [-0.39, 0.29) is 5.97 Å². The van der Waals surface area contributed by atoms with Crippen molar-refractivity contribution in [2.24, 2.45) is 10.8 Å². The fourth-order valence-corrected chi connectivity index (χ4v) is 5.34. The Morgan fingerprint density at radius 3 is 2.12 bits per heavy atom. The van der Waals surface area contributed by atoms with E-state index in [4.69, 9.17) is 23.7 Å². The molecule has 4 rings (SSSR count). The van der Waals surface area contributed by atoms with Crippen molar-refractivity contribution in [2.75, 3.05) is 33.5 Å². The van der Waals surface area contributed by atoms with Crippen LogP contribution in [0.15, 0.2) is 11.6 Å². The molecule has 6 heteroatoms. The molecule has 2 aliphatic heterocycles. The first-order valence-electron chi connectivity index (χ1n) is 8.80. The summed E-state index contributed by atoms with van der Waals surface area (Å²) in [4.78, 5) is 12.9. The Kier molecular flexibility index (Phi) is 3.63. The molecule has 0 bridgehead atoms. The smallest absolute Gasteiger partial charge is 0.321 e. The number of allylic oxidation sites excluding steroid dienone is 1. The number of carbonyl (C=O) groups excluding carboxylic acids is 1. The van der Waals surface area contributed by atoms with E-state index in [2.05, 4.69) is 13.0 Å². The number of hydrogen-bond donors (Lipinski definition) is 0. The quantitative estimate of drug-likeness (QED) is 0.539. The third-order valence-electron chi connectivity index (χ3n) is 6.61. The SMILES string of the molecule is COC(=O)[C@]1(C)C2=CCCC3(OCCO3)[C@@]2(C)CCC12OCCO2. The van der Waals surface area contributed by atoms with Gasteiger partial charge in [-0.05, 0) is 25.3 Å². The van der Waals surface area contributed by atoms with Crippen molar-refractivity contribution in [3.63, 3.8) is 0 Å². The molecule has 24 heavy (non-hydrogen) atoms. The van der Waals surface area contributed by atoms with Crippen LogP contribution in [-0.2, 0) is 28.5 Å². The van der Waals surface area contributed by atoms with E-state index in [9.17, 15) is 4.79 Å². The summed E-state index contributed by atoms with van der Waals surface area (Å²) in [5.41, 5.74) is -0.428. The van der Waals surface area contributed by atoms with Crippen molar-refractivity contribution in [1.82, 2.24) is 0 Å². The van der Waals surface area contributed by atoms with E-state index < -0.39 is 22.4 Å². The molecule has 2 heterocycles. The van der Waals surface area contributed by atoms with E-state index in [0.717, 1.165) is 24.8 Å². The number of methoxy groups -OCH3 is 1. The number of esters is 1. The van der Waals surface area contributed by atoms with Crippen molar-refractivity contribution in [2.45, 2.75) is 51.1 Å². The molecular weight excluding hydrogens is 312 g/mol. The first-order chi connectivity index (χ1) is 11.4. The summed E-state index contributed by atoms with van der Waals surface area (Å²) in [6.07, 6.45) is 5.15. The van der Waals surface area contributed by atoms with Gasteiger partial charge in [0, 0.05) is 18.3 Å². The molecule has 0 radical (unpaired) electrons. The van der Waals surface area contributed by atoms with Crippen molar-refractivity contribution in [3.8, 4) is 0 Å². The third kappa shape index (κ3) is 1.77. The molecule has 0 aromatic heterocycles. The Hall–Kier alpha value is -0.950. The summed E-state index contributed by atoms with van der Waals surface area (Å²) < 4.78 is 29.5. The van der Waals surface area contributed by atoms with Crippen LogP contribution in [0.2, 0.25) is 0 Å². The molecule has 0 aromatic rings. The zero-order chi connectivity index (χ0) is 17.1. The fourth-order valence-electron chi connectivity index (χ4n) is 5.34. The number of fused-ring (bicyclic) bond motifs is 2. The van der Waals surface area contributed by atoms with Crippen LogP contribution in [0.4, 0.5) is 0 Å². The zero-order valence-electron chi connectivity index (χ0n) is 14.7. The highest BCUT2D eigenvalue weighted by Crippen LogP contribution is 2.65. The second kappa shape index (κ2) is 5.27. The zero-order valence-corrected chi connectivity index (χ0v) is 14.7. The van der Waals surface area contributed by atoms with Gasteiger partial charge in [0.2, 0.25) is 0 Å². The average Bonchev–Trinajstić information content (AvgIpc) is 3.24. The molecule has 0 unspecified atom stereocenters. The molecule has 2 saturated heterocycles. The second-order valence-electron chi connectivity index (χ2n) is 7.50. The largest absolute Gasteiger partial charge is 0.468 e. The van der Waals surface area contributed by atoms with E-state index in [1.54, 1.807) is 0 Å². The van der Waals surface area contributed by atoms with Gasteiger partial charge < -0.3 is 23.7 Å². The molecule has 4 aliphatic rings. The first kappa shape index (κ1) is 16.5. The Morgan fingerprint density at radius 1 is 0.958 bits per heavy atom. The molecule has 6 nitrogen and oxygen atoms in total. The first-order valence-corrected chi connectivity index (χ1v) is 8.80. The van der Waals surface area contributed by atoms with E-state index in [1.165, 1.54) is 7.11 Å². The molecule has 3 fully saturated rings. The summed E-state index contributed by atoms with van der Waals surface area (Å²) in [7, 11) is 1.42. The summed E-state index contributed by atoms with van der Waals surface area (Å²) >= 11 is 0. The standard InChI is InChI=1S/C18H26O6/c1-15-7-8-18(23-11-12-24-18)16(2,14(19)20-3)13(15)5-4-6-17(15)21-9-10-22-17/h5H,4,6-12H2,1-3H3/t15-,16-/m0/s1. The summed E-state index contributed by atoms with van der Waals surface area (Å²) in [5.74, 6) is -1.94. The number of ether oxygens (including phenoxy) is 5. The van der Waals surface area contributed by atoms with E-state index in [0.29, 0.717) is 32.8 Å². The minimum Gasteiger partial charge on any atom is -0.468 e. The lowest BCUT2D eigenvalue weighted by Crippen LogP contribution is -2.65. The van der Waals surface area contributed by atoms with Crippen molar-refractivity contribution >= 4 is 5.97 Å². The predicted molar refractivity (Wildman–Crippen MR) is 84.1 cm³/mol. The van der Waals surface area contributed by atoms with Gasteiger partial charge in [-0.1, -0.05) is 13.0 Å². The Labute approximate surface area is 142 Å². The van der Waals surface area contributed by atoms with Gasteiger partial charge in [-0.3, -0.25) is 4.79 Å². The minimum atomic E-state index is -1.01. The van der Waals surface area contributed by atoms with Gasteiger partial charge in [0.25, 0.3) is 0 Å². The van der Waals surface area contributed by atoms with Crippen LogP contribution in [0.3, 0.4) is 0 Å². The maximum absolute atomic E-state index is 12.9. The highest BCUT2D eigenvalue weighted by molar-refractivity contribution is 5.82. The highest BCUT2D eigenvalue weighted by Gasteiger charge is 2.71. The lowest BCUT2D eigenvalue weighted by molar-refractivity contribution is -0.287. The predicted octanol–water partition coefficient (Wildman–Crippen LogP) is 2.17. The van der Waals surface area contributed by atoms with Gasteiger partial charge in [-0.15, -0.1) is 0 Å². The Morgan fingerprint density at radius 2 is 1.54 bits per heavy atom. The van der Waals surface area contributed by atoms with Crippen LogP contribution in [0.25, 0.3) is 0 Å². The van der Waals surface area contributed by atoms with Gasteiger partial charge in [-0.2, -0.15) is 0 Å². The van der Waals surface area contributed by atoms with Crippen molar-refractivity contribution in [1.29, 1.82) is 0 Å². The van der Waals surface area contributed by atoms with Gasteiger partial charge >= 0.3 is 5.97 Å². The topological polar surface area (TPSA) is 63.2 Å². The molecule has 2 spiro atoms. The number of rotatable bonds is 1. The van der Waals surface area contributed by atoms with Crippen LogP contribution >= 0.6 is 0 Å². The fraction of sp³-hybridized carbons (Fsp3) is 0.833. The number of hydrogen-bond acceptors (Lipinski definition) is 6. The molecule has 2 atom stereocenters. The van der Waals surface area contributed by atoms with Crippen molar-refractivity contribution in [3.05, 3.63) is 11.6 Å². The van der Waals surface area contributed by atoms with Crippen molar-refractivity contribution < 1.29 is 28.5 Å². The van der Waals surface area contributed by atoms with Gasteiger partial charge in [0.05, 0.1) is 33.5 Å². The van der Waals surface area contributed by atoms with Crippen LogP contribution in [-0.4, -0.2) is 51.1 Å². The molecule has 1 saturated carbocycles. The summed E-state index contributed by atoms with van der Waals surface area (Å²) in [5, 5.41) is 0. The monoisotopic (exact) mass is 338 g/mol. The molecule has 2 aliphatic carbocycles. The summed E-state index contributed by atoms with van der Waals surface area (Å²) in [6, 6.07) is 0. The van der Waals surface area contributed by atoms with Gasteiger partial charge in [-0.25, -0.2) is 0 Å². The average molecular weight is 338 g/mol. The van der Waals surface area contributed by atoms with Crippen LogP contribution in [0, 0.1) is 10.8 Å². The maximum Gasteiger partial charge on any atom is 0.321 e. The van der Waals surface area contributed by atoms with E-state index >= 15 is 0 Å². The second-order valence-corrected chi connectivity index (χ2v) is 7.50. The molecule has 134 valence electrons. The van der Waals surface area contributed by atoms with Crippen LogP contribution in [0.1, 0.15) is 39.5 Å². The molecule has 0 N–H and O–H groups in total. The molecule has 0 aromatic carbocycles. The Bertz CT molecular complexity index is 572. The maximum atomic E-state index is 12.9. The lowest BCUT2D eigenvalue weighted by Gasteiger charge is -2.59. The minimum absolute atomic E-state index is 0.323.